The summed E-state index contributed by atoms with van der Waals surface area (Å²) in [5, 5.41) is -0.195. The SMILES string of the molecule is NC(=O)[C@@H]1[C@@H]2C(=O)N(c3ccc(F)c(Cl)c3)C(=O)[C@@H]2[C@@H]2c3ccccc3C=CN12. The fraction of sp³-hybridized carbons (Fsp3) is 0.190. The lowest BCUT2D eigenvalue weighted by molar-refractivity contribution is -0.129. The Morgan fingerprint density at radius 2 is 1.79 bits per heavy atom. The number of amides is 3. The number of primary amides is 1. The van der Waals surface area contributed by atoms with Crippen molar-refractivity contribution in [1.29, 1.82) is 0 Å². The van der Waals surface area contributed by atoms with E-state index in [0.717, 1.165) is 22.1 Å². The van der Waals surface area contributed by atoms with Crippen molar-refractivity contribution in [3.63, 3.8) is 0 Å². The number of hydrogen-bond acceptors (Lipinski definition) is 4. The molecule has 0 aromatic heterocycles. The summed E-state index contributed by atoms with van der Waals surface area (Å²) >= 11 is 5.85. The van der Waals surface area contributed by atoms with Gasteiger partial charge in [-0.15, -0.1) is 0 Å². The largest absolute Gasteiger partial charge is 0.368 e. The van der Waals surface area contributed by atoms with Crippen molar-refractivity contribution in [3.05, 3.63) is 70.6 Å². The predicted molar refractivity (Wildman–Crippen MR) is 104 cm³/mol. The van der Waals surface area contributed by atoms with Crippen LogP contribution in [0.2, 0.25) is 5.02 Å². The van der Waals surface area contributed by atoms with E-state index in [1.807, 2.05) is 30.3 Å². The molecule has 0 aliphatic carbocycles. The van der Waals surface area contributed by atoms with Crippen LogP contribution in [-0.2, 0) is 14.4 Å². The number of halogens is 2. The molecule has 0 spiro atoms. The van der Waals surface area contributed by atoms with Gasteiger partial charge in [-0.3, -0.25) is 14.4 Å². The Morgan fingerprint density at radius 3 is 2.52 bits per heavy atom. The summed E-state index contributed by atoms with van der Waals surface area (Å²) in [6.45, 7) is 0. The first kappa shape index (κ1) is 17.9. The monoisotopic (exact) mass is 411 g/mol. The zero-order valence-corrected chi connectivity index (χ0v) is 15.7. The molecule has 2 aromatic rings. The number of rotatable bonds is 2. The topological polar surface area (TPSA) is 83.7 Å². The molecule has 2 N–H and O–H groups in total. The first-order chi connectivity index (χ1) is 13.9. The highest BCUT2D eigenvalue weighted by atomic mass is 35.5. The van der Waals surface area contributed by atoms with Crippen LogP contribution in [0.3, 0.4) is 0 Å². The maximum Gasteiger partial charge on any atom is 0.240 e. The summed E-state index contributed by atoms with van der Waals surface area (Å²) in [6, 6.07) is 9.74. The summed E-state index contributed by atoms with van der Waals surface area (Å²) in [7, 11) is 0. The van der Waals surface area contributed by atoms with Gasteiger partial charge in [0.15, 0.2) is 0 Å². The van der Waals surface area contributed by atoms with E-state index >= 15 is 0 Å². The standard InChI is InChI=1S/C21H15ClFN3O3/c22-13-9-11(5-6-14(13)23)26-20(28)15-16(21(26)29)18(19(24)27)25-8-7-10-3-1-2-4-12(10)17(15)25/h1-9,15-18H,(H2,24,27)/t15-,16+,17-,18-/m0/s1. The van der Waals surface area contributed by atoms with Gasteiger partial charge in [-0.1, -0.05) is 35.9 Å². The van der Waals surface area contributed by atoms with E-state index in [9.17, 15) is 18.8 Å². The Bertz CT molecular complexity index is 1120. The lowest BCUT2D eigenvalue weighted by Crippen LogP contribution is -2.46. The molecular formula is C21H15ClFN3O3. The van der Waals surface area contributed by atoms with E-state index in [1.165, 1.54) is 12.1 Å². The number of anilines is 1. The summed E-state index contributed by atoms with van der Waals surface area (Å²) in [4.78, 5) is 41.7. The van der Waals surface area contributed by atoms with Gasteiger partial charge in [-0.25, -0.2) is 9.29 Å². The molecule has 2 saturated heterocycles. The molecule has 3 aliphatic rings. The van der Waals surface area contributed by atoms with Gasteiger partial charge in [0.25, 0.3) is 0 Å². The van der Waals surface area contributed by atoms with Gasteiger partial charge in [0.05, 0.1) is 28.6 Å². The van der Waals surface area contributed by atoms with Crippen molar-refractivity contribution >= 4 is 41.1 Å². The first-order valence-corrected chi connectivity index (χ1v) is 9.44. The number of benzene rings is 2. The average molecular weight is 412 g/mol. The molecule has 0 unspecified atom stereocenters. The second-order valence-electron chi connectivity index (χ2n) is 7.35. The fourth-order valence-corrected chi connectivity index (χ4v) is 4.94. The van der Waals surface area contributed by atoms with Gasteiger partial charge in [0.2, 0.25) is 17.7 Å². The van der Waals surface area contributed by atoms with Gasteiger partial charge in [0.1, 0.15) is 11.9 Å². The van der Waals surface area contributed by atoms with Crippen LogP contribution in [-0.4, -0.2) is 28.7 Å². The van der Waals surface area contributed by atoms with Gasteiger partial charge in [-0.05, 0) is 35.4 Å². The van der Waals surface area contributed by atoms with Crippen molar-refractivity contribution in [2.75, 3.05) is 4.90 Å². The van der Waals surface area contributed by atoms with Crippen molar-refractivity contribution < 1.29 is 18.8 Å². The van der Waals surface area contributed by atoms with Crippen LogP contribution in [0.4, 0.5) is 10.1 Å². The molecule has 0 radical (unpaired) electrons. The molecule has 2 aromatic carbocycles. The Labute approximate surface area is 170 Å². The van der Waals surface area contributed by atoms with E-state index in [0.29, 0.717) is 0 Å². The molecule has 8 heteroatoms. The second kappa shape index (κ2) is 6.15. The minimum absolute atomic E-state index is 0.176. The van der Waals surface area contributed by atoms with Crippen LogP contribution < -0.4 is 10.6 Å². The van der Waals surface area contributed by atoms with Crippen molar-refractivity contribution in [2.45, 2.75) is 12.1 Å². The van der Waals surface area contributed by atoms with Gasteiger partial charge in [0, 0.05) is 6.20 Å². The molecule has 29 heavy (non-hydrogen) atoms. The molecule has 146 valence electrons. The number of hydrogen-bond donors (Lipinski definition) is 1. The molecule has 0 saturated carbocycles. The predicted octanol–water partition coefficient (Wildman–Crippen LogP) is 2.48. The Balaban J connectivity index is 1.65. The summed E-state index contributed by atoms with van der Waals surface area (Å²) in [5.41, 5.74) is 7.60. The zero-order chi connectivity index (χ0) is 20.4. The highest BCUT2D eigenvalue weighted by Crippen LogP contribution is 2.53. The van der Waals surface area contributed by atoms with Gasteiger partial charge >= 0.3 is 0 Å². The molecule has 5 rings (SSSR count). The van der Waals surface area contributed by atoms with Crippen LogP contribution in [0.25, 0.3) is 6.08 Å². The lowest BCUT2D eigenvalue weighted by Gasteiger charge is -2.34. The van der Waals surface area contributed by atoms with E-state index in [4.69, 9.17) is 17.3 Å². The molecule has 3 aliphatic heterocycles. The third-order valence-electron chi connectivity index (χ3n) is 5.91. The lowest BCUT2D eigenvalue weighted by atomic mass is 9.84. The highest BCUT2D eigenvalue weighted by molar-refractivity contribution is 6.31. The maximum absolute atomic E-state index is 13.6. The van der Waals surface area contributed by atoms with Crippen LogP contribution in [0, 0.1) is 17.7 Å². The number of carbonyl (C=O) groups is 3. The zero-order valence-electron chi connectivity index (χ0n) is 15.0. The van der Waals surface area contributed by atoms with Crippen LogP contribution in [0.5, 0.6) is 0 Å². The number of carbonyl (C=O) groups excluding carboxylic acids is 3. The average Bonchev–Trinajstić information content (AvgIpc) is 3.17. The molecule has 4 atom stereocenters. The summed E-state index contributed by atoms with van der Waals surface area (Å²) < 4.78 is 13.6. The molecular weight excluding hydrogens is 397 g/mol. The Hall–Kier alpha value is -3.19. The van der Waals surface area contributed by atoms with Crippen LogP contribution in [0.1, 0.15) is 17.2 Å². The number of imide groups is 1. The molecule has 2 fully saturated rings. The van der Waals surface area contributed by atoms with E-state index in [2.05, 4.69) is 0 Å². The first-order valence-electron chi connectivity index (χ1n) is 9.07. The minimum atomic E-state index is -0.952. The number of fused-ring (bicyclic) bond motifs is 5. The van der Waals surface area contributed by atoms with Gasteiger partial charge < -0.3 is 10.6 Å². The van der Waals surface area contributed by atoms with Crippen LogP contribution >= 0.6 is 11.6 Å². The minimum Gasteiger partial charge on any atom is -0.368 e. The Kier molecular flexibility index (Phi) is 3.79. The van der Waals surface area contributed by atoms with Crippen molar-refractivity contribution in [2.24, 2.45) is 17.6 Å². The van der Waals surface area contributed by atoms with Crippen molar-refractivity contribution in [3.8, 4) is 0 Å². The summed E-state index contributed by atoms with van der Waals surface area (Å²) in [5.74, 6) is -4.02. The molecule has 6 nitrogen and oxygen atoms in total. The molecule has 0 bridgehead atoms. The third kappa shape index (κ3) is 2.37. The normalized spacial score (nSPS) is 27.1. The fourth-order valence-electron chi connectivity index (χ4n) is 4.76. The van der Waals surface area contributed by atoms with E-state index in [1.54, 1.807) is 11.1 Å². The quantitative estimate of drug-likeness (QED) is 0.769. The second-order valence-corrected chi connectivity index (χ2v) is 7.75. The van der Waals surface area contributed by atoms with Crippen LogP contribution in [0.15, 0.2) is 48.7 Å². The third-order valence-corrected chi connectivity index (χ3v) is 6.20. The molecule has 3 heterocycles. The number of nitrogens with zero attached hydrogens (tertiary/aromatic N) is 2. The summed E-state index contributed by atoms with van der Waals surface area (Å²) in [6.07, 6.45) is 3.57. The smallest absolute Gasteiger partial charge is 0.240 e. The molecule has 3 amide bonds. The van der Waals surface area contributed by atoms with Crippen molar-refractivity contribution in [1.82, 2.24) is 4.90 Å². The highest BCUT2D eigenvalue weighted by Gasteiger charge is 2.64. The van der Waals surface area contributed by atoms with E-state index in [-0.39, 0.29) is 10.7 Å². The van der Waals surface area contributed by atoms with E-state index < -0.39 is 47.5 Å². The number of nitrogens with two attached hydrogens (primary N) is 1. The Morgan fingerprint density at radius 1 is 1.07 bits per heavy atom. The maximum atomic E-state index is 13.6. The van der Waals surface area contributed by atoms with Gasteiger partial charge in [-0.2, -0.15) is 0 Å².